The van der Waals surface area contributed by atoms with Crippen LogP contribution in [0.3, 0.4) is 0 Å². The zero-order valence-corrected chi connectivity index (χ0v) is 11.3. The lowest BCUT2D eigenvalue weighted by Crippen LogP contribution is -2.16. The summed E-state index contributed by atoms with van der Waals surface area (Å²) in [5.74, 6) is 4.85. The minimum absolute atomic E-state index is 0.0630. The van der Waals surface area contributed by atoms with Crippen LogP contribution in [-0.4, -0.2) is 9.97 Å². The van der Waals surface area contributed by atoms with Crippen LogP contribution >= 0.6 is 11.3 Å². The first kappa shape index (κ1) is 14.5. The van der Waals surface area contributed by atoms with Crippen LogP contribution in [0, 0.1) is 6.92 Å². The Morgan fingerprint density at radius 3 is 2.65 bits per heavy atom. The van der Waals surface area contributed by atoms with Gasteiger partial charge < -0.3 is 5.32 Å². The largest absolute Gasteiger partial charge is 0.433 e. The van der Waals surface area contributed by atoms with Gasteiger partial charge in [-0.15, -0.1) is 11.3 Å². The van der Waals surface area contributed by atoms with Crippen molar-refractivity contribution in [2.24, 2.45) is 5.84 Å². The Hall–Kier alpha value is -1.87. The van der Waals surface area contributed by atoms with Crippen molar-refractivity contribution in [3.8, 4) is 0 Å². The second-order valence-corrected chi connectivity index (χ2v) is 4.99. The minimum atomic E-state index is -4.55. The van der Waals surface area contributed by atoms with Crippen LogP contribution in [0.2, 0.25) is 0 Å². The van der Waals surface area contributed by atoms with Crippen molar-refractivity contribution in [2.45, 2.75) is 19.6 Å². The molecule has 0 saturated carbocycles. The minimum Gasteiger partial charge on any atom is -0.365 e. The highest BCUT2D eigenvalue weighted by Gasteiger charge is 2.33. The van der Waals surface area contributed by atoms with Gasteiger partial charge in [0.05, 0.1) is 6.54 Å². The first-order valence-corrected chi connectivity index (χ1v) is 6.48. The number of nitrogens with two attached hydrogens (primary N) is 1. The Morgan fingerprint density at radius 2 is 2.10 bits per heavy atom. The van der Waals surface area contributed by atoms with Crippen LogP contribution in [-0.2, 0) is 12.7 Å². The van der Waals surface area contributed by atoms with Crippen molar-refractivity contribution in [2.75, 3.05) is 10.7 Å². The number of rotatable bonds is 4. The van der Waals surface area contributed by atoms with E-state index in [4.69, 9.17) is 5.84 Å². The molecule has 0 atom stereocenters. The molecule has 2 aromatic rings. The summed E-state index contributed by atoms with van der Waals surface area (Å²) >= 11 is 1.52. The molecule has 2 aromatic heterocycles. The third kappa shape index (κ3) is 3.36. The summed E-state index contributed by atoms with van der Waals surface area (Å²) in [6.45, 7) is 2.32. The van der Waals surface area contributed by atoms with E-state index in [-0.39, 0.29) is 11.8 Å². The number of anilines is 2. The maximum atomic E-state index is 12.7. The van der Waals surface area contributed by atoms with Crippen LogP contribution in [0.25, 0.3) is 0 Å². The molecule has 0 spiro atoms. The number of hydrogen-bond donors (Lipinski definition) is 3. The Bertz CT molecular complexity index is 596. The molecule has 0 aliphatic rings. The van der Waals surface area contributed by atoms with E-state index < -0.39 is 11.9 Å². The van der Waals surface area contributed by atoms with Crippen LogP contribution in [0.5, 0.6) is 0 Å². The molecule has 0 bridgehead atoms. The predicted molar refractivity (Wildman–Crippen MR) is 71.2 cm³/mol. The lowest BCUT2D eigenvalue weighted by Gasteiger charge is -2.11. The smallest absolute Gasteiger partial charge is 0.365 e. The summed E-state index contributed by atoms with van der Waals surface area (Å²) in [7, 11) is 0. The van der Waals surface area contributed by atoms with E-state index in [9.17, 15) is 13.2 Å². The number of halogens is 3. The molecule has 9 heteroatoms. The highest BCUT2D eigenvalue weighted by Crippen LogP contribution is 2.29. The molecule has 0 aromatic carbocycles. The van der Waals surface area contributed by atoms with Gasteiger partial charge in [-0.25, -0.2) is 10.8 Å². The van der Waals surface area contributed by atoms with Gasteiger partial charge in [0, 0.05) is 10.9 Å². The molecule has 2 heterocycles. The van der Waals surface area contributed by atoms with Crippen molar-refractivity contribution < 1.29 is 13.2 Å². The molecular weight excluding hydrogens is 291 g/mol. The van der Waals surface area contributed by atoms with Gasteiger partial charge in [-0.3, -0.25) is 5.43 Å². The maximum absolute atomic E-state index is 12.7. The molecule has 20 heavy (non-hydrogen) atoms. The fourth-order valence-electron chi connectivity index (χ4n) is 1.50. The lowest BCUT2D eigenvalue weighted by atomic mass is 10.3. The van der Waals surface area contributed by atoms with Gasteiger partial charge in [-0.2, -0.15) is 18.2 Å². The van der Waals surface area contributed by atoms with Gasteiger partial charge in [-0.1, -0.05) is 0 Å². The molecular formula is C11H12F3N5S. The zero-order valence-electron chi connectivity index (χ0n) is 10.5. The average Bonchev–Trinajstić information content (AvgIpc) is 2.80. The quantitative estimate of drug-likeness (QED) is 0.598. The number of aromatic nitrogens is 2. The van der Waals surface area contributed by atoms with Crippen LogP contribution in [0.4, 0.5) is 24.9 Å². The lowest BCUT2D eigenvalue weighted by molar-refractivity contribution is -0.141. The normalized spacial score (nSPS) is 11.4. The molecule has 0 aliphatic heterocycles. The first-order valence-electron chi connectivity index (χ1n) is 5.60. The molecule has 0 unspecified atom stereocenters. The number of aryl methyl sites for hydroxylation is 1. The number of nitrogens with one attached hydrogen (secondary N) is 2. The van der Waals surface area contributed by atoms with Gasteiger partial charge in [0.15, 0.2) is 5.69 Å². The van der Waals surface area contributed by atoms with Gasteiger partial charge in [0.2, 0.25) is 5.95 Å². The van der Waals surface area contributed by atoms with E-state index in [0.717, 1.165) is 16.5 Å². The van der Waals surface area contributed by atoms with Gasteiger partial charge in [0.25, 0.3) is 0 Å². The van der Waals surface area contributed by atoms with Crippen molar-refractivity contribution >= 4 is 23.1 Å². The van der Waals surface area contributed by atoms with Gasteiger partial charge in [-0.05, 0) is 23.9 Å². The van der Waals surface area contributed by atoms with Crippen molar-refractivity contribution in [3.05, 3.63) is 33.6 Å². The third-order valence-corrected chi connectivity index (χ3v) is 3.57. The summed E-state index contributed by atoms with van der Waals surface area (Å²) < 4.78 is 38.0. The number of hydrazine groups is 1. The molecule has 0 aliphatic carbocycles. The highest BCUT2D eigenvalue weighted by atomic mass is 32.1. The fourth-order valence-corrected chi connectivity index (χ4v) is 2.35. The standard InChI is InChI=1S/C11H12F3N5S/c1-6-2-3-20-7(6)5-16-9-4-8(11(12,13)14)17-10(18-9)19-15/h2-4H,5,15H2,1H3,(H2,16,17,18,19). The SMILES string of the molecule is Cc1ccsc1CNc1cc(C(F)(F)F)nc(NN)n1. The molecule has 5 nitrogen and oxygen atoms in total. The van der Waals surface area contributed by atoms with Crippen molar-refractivity contribution in [1.82, 2.24) is 9.97 Å². The van der Waals surface area contributed by atoms with Crippen LogP contribution in [0.15, 0.2) is 17.5 Å². The van der Waals surface area contributed by atoms with Gasteiger partial charge >= 0.3 is 6.18 Å². The molecule has 0 saturated heterocycles. The van der Waals surface area contributed by atoms with E-state index in [2.05, 4.69) is 15.3 Å². The Balaban J connectivity index is 2.21. The zero-order chi connectivity index (χ0) is 14.8. The summed E-state index contributed by atoms with van der Waals surface area (Å²) in [6, 6.07) is 2.79. The molecule has 0 amide bonds. The van der Waals surface area contributed by atoms with Crippen molar-refractivity contribution in [3.63, 3.8) is 0 Å². The monoisotopic (exact) mass is 303 g/mol. The summed E-state index contributed by atoms with van der Waals surface area (Å²) in [4.78, 5) is 8.14. The first-order chi connectivity index (χ1) is 9.40. The summed E-state index contributed by atoms with van der Waals surface area (Å²) in [6.07, 6.45) is -4.55. The van der Waals surface area contributed by atoms with Crippen molar-refractivity contribution in [1.29, 1.82) is 0 Å². The second kappa shape index (κ2) is 5.63. The van der Waals surface area contributed by atoms with E-state index in [1.807, 2.05) is 23.8 Å². The molecule has 2 rings (SSSR count). The second-order valence-electron chi connectivity index (χ2n) is 3.98. The van der Waals surface area contributed by atoms with Crippen LogP contribution in [0.1, 0.15) is 16.1 Å². The number of hydrogen-bond acceptors (Lipinski definition) is 6. The Kier molecular flexibility index (Phi) is 4.09. The number of alkyl halides is 3. The third-order valence-electron chi connectivity index (χ3n) is 2.54. The Labute approximate surface area is 117 Å². The number of nitrogens with zero attached hydrogens (tertiary/aromatic N) is 2. The average molecular weight is 303 g/mol. The van der Waals surface area contributed by atoms with E-state index >= 15 is 0 Å². The highest BCUT2D eigenvalue weighted by molar-refractivity contribution is 7.10. The topological polar surface area (TPSA) is 75.9 Å². The molecule has 4 N–H and O–H groups in total. The van der Waals surface area contributed by atoms with E-state index in [1.54, 1.807) is 0 Å². The number of thiophene rings is 1. The van der Waals surface area contributed by atoms with E-state index in [1.165, 1.54) is 11.3 Å². The predicted octanol–water partition coefficient (Wildman–Crippen LogP) is 2.76. The summed E-state index contributed by atoms with van der Waals surface area (Å²) in [5.41, 5.74) is 2.05. The fraction of sp³-hybridized carbons (Fsp3) is 0.273. The maximum Gasteiger partial charge on any atom is 0.433 e. The van der Waals surface area contributed by atoms with E-state index in [0.29, 0.717) is 6.54 Å². The number of nitrogen functional groups attached to an aromatic ring is 1. The molecule has 108 valence electrons. The molecule has 0 radical (unpaired) electrons. The molecule has 0 fully saturated rings. The summed E-state index contributed by atoms with van der Waals surface area (Å²) in [5, 5.41) is 4.76. The Morgan fingerprint density at radius 1 is 1.35 bits per heavy atom. The van der Waals surface area contributed by atoms with Crippen LogP contribution < -0.4 is 16.6 Å². The van der Waals surface area contributed by atoms with Gasteiger partial charge in [0.1, 0.15) is 5.82 Å².